The van der Waals surface area contributed by atoms with Gasteiger partial charge in [0.15, 0.2) is 0 Å². The summed E-state index contributed by atoms with van der Waals surface area (Å²) < 4.78 is 22.2. The average molecular weight is 353 g/mol. The van der Waals surface area contributed by atoms with Crippen molar-refractivity contribution < 1.29 is 13.6 Å². The first-order chi connectivity index (χ1) is 11.2. The Morgan fingerprint density at radius 1 is 1.12 bits per heavy atom. The fourth-order valence-electron chi connectivity index (χ4n) is 4.58. The predicted molar refractivity (Wildman–Crippen MR) is 101 cm³/mol. The molecule has 5 heteroatoms. The van der Waals surface area contributed by atoms with Gasteiger partial charge in [-0.2, -0.15) is 0 Å². The number of para-hydroxylation sites is 1. The number of hydrogen-bond donors (Lipinski definition) is 0. The first-order valence-electron chi connectivity index (χ1n) is 8.85. The van der Waals surface area contributed by atoms with Crippen molar-refractivity contribution in [3.8, 4) is 0 Å². The standard InChI is InChI=1S/C19H32NO3P/c1-7-22-24(21)23-14-16-10-8-9-11-17(16)20-18(3,4)12-15(2)13-19(20,5)6/h8-11,15,24H,7,12-14H2,1-6H3. The fourth-order valence-corrected chi connectivity index (χ4v) is 5.17. The van der Waals surface area contributed by atoms with Crippen LogP contribution >= 0.6 is 8.25 Å². The van der Waals surface area contributed by atoms with E-state index in [0.717, 1.165) is 18.4 Å². The van der Waals surface area contributed by atoms with Gasteiger partial charge >= 0.3 is 8.25 Å². The largest absolute Gasteiger partial charge is 0.361 e. The van der Waals surface area contributed by atoms with Crippen LogP contribution in [0.4, 0.5) is 5.69 Å². The monoisotopic (exact) mass is 353 g/mol. The molecule has 0 saturated carbocycles. The minimum absolute atomic E-state index is 0.0580. The van der Waals surface area contributed by atoms with Crippen molar-refractivity contribution in [2.75, 3.05) is 11.5 Å². The van der Waals surface area contributed by atoms with Crippen LogP contribution in [-0.2, 0) is 20.2 Å². The molecule has 1 fully saturated rings. The number of benzene rings is 1. The van der Waals surface area contributed by atoms with Gasteiger partial charge in [0.05, 0.1) is 13.2 Å². The third-order valence-corrected chi connectivity index (χ3v) is 5.65. The van der Waals surface area contributed by atoms with Gasteiger partial charge in [-0.05, 0) is 59.4 Å². The molecule has 2 rings (SSSR count). The molecule has 0 N–H and O–H groups in total. The van der Waals surface area contributed by atoms with E-state index in [1.807, 2.05) is 13.0 Å². The van der Waals surface area contributed by atoms with E-state index in [-0.39, 0.29) is 11.1 Å². The molecule has 136 valence electrons. The zero-order valence-corrected chi connectivity index (χ0v) is 16.9. The van der Waals surface area contributed by atoms with Crippen LogP contribution in [0.15, 0.2) is 24.3 Å². The molecule has 1 aliphatic heterocycles. The molecule has 1 heterocycles. The van der Waals surface area contributed by atoms with Crippen LogP contribution in [0.1, 0.15) is 59.9 Å². The minimum atomic E-state index is -2.42. The molecule has 1 aromatic rings. The molecular formula is C19H32NO3P. The van der Waals surface area contributed by atoms with Gasteiger partial charge in [-0.25, -0.2) is 0 Å². The van der Waals surface area contributed by atoms with Crippen LogP contribution in [0.5, 0.6) is 0 Å². The normalized spacial score (nSPS) is 21.7. The molecule has 0 aromatic heterocycles. The van der Waals surface area contributed by atoms with Crippen LogP contribution in [0.3, 0.4) is 0 Å². The number of anilines is 1. The lowest BCUT2D eigenvalue weighted by atomic mass is 9.74. The molecule has 4 nitrogen and oxygen atoms in total. The van der Waals surface area contributed by atoms with Crippen molar-refractivity contribution in [3.05, 3.63) is 29.8 Å². The van der Waals surface area contributed by atoms with E-state index >= 15 is 0 Å². The summed E-state index contributed by atoms with van der Waals surface area (Å²) in [5.74, 6) is 0.698. The summed E-state index contributed by atoms with van der Waals surface area (Å²) in [4.78, 5) is 2.52. The summed E-state index contributed by atoms with van der Waals surface area (Å²) in [6.45, 7) is 14.1. The third kappa shape index (κ3) is 4.41. The van der Waals surface area contributed by atoms with Gasteiger partial charge in [-0.1, -0.05) is 25.1 Å². The summed E-state index contributed by atoms with van der Waals surface area (Å²) in [7, 11) is -2.42. The summed E-state index contributed by atoms with van der Waals surface area (Å²) >= 11 is 0. The molecule has 0 radical (unpaired) electrons. The van der Waals surface area contributed by atoms with E-state index in [2.05, 4.69) is 57.7 Å². The Morgan fingerprint density at radius 3 is 2.29 bits per heavy atom. The SMILES string of the molecule is CCO[PH](=O)OCc1ccccc1N1C(C)(C)CC(C)CC1(C)C. The average Bonchev–Trinajstić information content (AvgIpc) is 2.43. The molecule has 0 bridgehead atoms. The number of piperidine rings is 1. The van der Waals surface area contributed by atoms with Gasteiger partial charge < -0.3 is 13.9 Å². The lowest BCUT2D eigenvalue weighted by Crippen LogP contribution is -2.61. The molecule has 0 aliphatic carbocycles. The molecule has 1 aromatic carbocycles. The minimum Gasteiger partial charge on any atom is -0.361 e. The summed E-state index contributed by atoms with van der Waals surface area (Å²) in [6, 6.07) is 8.28. The molecular weight excluding hydrogens is 321 g/mol. The van der Waals surface area contributed by atoms with Gasteiger partial charge in [-0.15, -0.1) is 0 Å². The number of rotatable bonds is 6. The smallest absolute Gasteiger partial charge is 0.319 e. The molecule has 0 amide bonds. The third-order valence-electron chi connectivity index (χ3n) is 4.75. The van der Waals surface area contributed by atoms with E-state index in [1.54, 1.807) is 0 Å². The van der Waals surface area contributed by atoms with Crippen LogP contribution < -0.4 is 4.90 Å². The van der Waals surface area contributed by atoms with E-state index in [4.69, 9.17) is 9.05 Å². The van der Waals surface area contributed by atoms with Gasteiger partial charge in [0, 0.05) is 22.3 Å². The maximum absolute atomic E-state index is 11.7. The Kier molecular flexibility index (Phi) is 6.17. The highest BCUT2D eigenvalue weighted by molar-refractivity contribution is 7.33. The molecule has 1 saturated heterocycles. The summed E-state index contributed by atoms with van der Waals surface area (Å²) in [6.07, 6.45) is 2.31. The lowest BCUT2D eigenvalue weighted by Gasteiger charge is -2.57. The maximum atomic E-state index is 11.7. The maximum Gasteiger partial charge on any atom is 0.319 e. The quantitative estimate of drug-likeness (QED) is 0.640. The number of nitrogens with zero attached hydrogens (tertiary/aromatic N) is 1. The predicted octanol–water partition coefficient (Wildman–Crippen LogP) is 5.42. The van der Waals surface area contributed by atoms with E-state index in [1.165, 1.54) is 5.69 Å². The van der Waals surface area contributed by atoms with Gasteiger partial charge in [0.25, 0.3) is 0 Å². The zero-order valence-electron chi connectivity index (χ0n) is 15.9. The van der Waals surface area contributed by atoms with Gasteiger partial charge in [0.2, 0.25) is 0 Å². The Morgan fingerprint density at radius 2 is 1.71 bits per heavy atom. The van der Waals surface area contributed by atoms with Crippen LogP contribution in [0, 0.1) is 5.92 Å². The zero-order chi connectivity index (χ0) is 18.0. The Labute approximate surface area is 147 Å². The molecule has 1 aliphatic rings. The first kappa shape index (κ1) is 19.5. The Bertz CT molecular complexity index is 568. The number of hydrogen-bond acceptors (Lipinski definition) is 4. The fraction of sp³-hybridized carbons (Fsp3) is 0.684. The van der Waals surface area contributed by atoms with E-state index < -0.39 is 8.25 Å². The van der Waals surface area contributed by atoms with Crippen molar-refractivity contribution >= 4 is 13.9 Å². The molecule has 1 unspecified atom stereocenters. The van der Waals surface area contributed by atoms with E-state index in [0.29, 0.717) is 19.1 Å². The molecule has 0 spiro atoms. The molecule has 24 heavy (non-hydrogen) atoms. The van der Waals surface area contributed by atoms with Crippen molar-refractivity contribution in [1.29, 1.82) is 0 Å². The summed E-state index contributed by atoms with van der Waals surface area (Å²) in [5, 5.41) is 0. The van der Waals surface area contributed by atoms with Crippen LogP contribution in [-0.4, -0.2) is 17.7 Å². The highest BCUT2D eigenvalue weighted by Gasteiger charge is 2.44. The highest BCUT2D eigenvalue weighted by atomic mass is 31.1. The second kappa shape index (κ2) is 7.59. The van der Waals surface area contributed by atoms with Crippen LogP contribution in [0.2, 0.25) is 0 Å². The van der Waals surface area contributed by atoms with Crippen LogP contribution in [0.25, 0.3) is 0 Å². The van der Waals surface area contributed by atoms with Crippen molar-refractivity contribution in [1.82, 2.24) is 0 Å². The summed E-state index contributed by atoms with van der Waals surface area (Å²) in [5.41, 5.74) is 2.35. The van der Waals surface area contributed by atoms with Crippen molar-refractivity contribution in [2.45, 2.75) is 72.1 Å². The Hall–Kier alpha value is -0.830. The molecule has 1 atom stereocenters. The van der Waals surface area contributed by atoms with Crippen molar-refractivity contribution in [2.24, 2.45) is 5.92 Å². The Balaban J connectivity index is 2.32. The van der Waals surface area contributed by atoms with Gasteiger partial charge in [-0.3, -0.25) is 4.57 Å². The second-order valence-electron chi connectivity index (χ2n) is 8.07. The van der Waals surface area contributed by atoms with Crippen molar-refractivity contribution in [3.63, 3.8) is 0 Å². The lowest BCUT2D eigenvalue weighted by molar-refractivity contribution is 0.187. The highest BCUT2D eigenvalue weighted by Crippen LogP contribution is 2.45. The first-order valence-corrected chi connectivity index (χ1v) is 10.1. The topological polar surface area (TPSA) is 38.8 Å². The van der Waals surface area contributed by atoms with Gasteiger partial charge in [0.1, 0.15) is 0 Å². The second-order valence-corrected chi connectivity index (χ2v) is 9.15. The van der Waals surface area contributed by atoms with E-state index in [9.17, 15) is 4.57 Å².